The van der Waals surface area contributed by atoms with Gasteiger partial charge in [-0.3, -0.25) is 0 Å². The number of hydrogen-bond acceptors (Lipinski definition) is 4. The van der Waals surface area contributed by atoms with Crippen LogP contribution in [0.25, 0.3) is 0 Å². The summed E-state index contributed by atoms with van der Waals surface area (Å²) < 4.78 is 5.36. The lowest BCUT2D eigenvalue weighted by Crippen LogP contribution is -2.23. The molecule has 3 N–H and O–H groups in total. The lowest BCUT2D eigenvalue weighted by Gasteiger charge is -2.17. The van der Waals surface area contributed by atoms with Crippen LogP contribution in [0.5, 0.6) is 5.75 Å². The maximum Gasteiger partial charge on any atom is 0.142 e. The zero-order valence-corrected chi connectivity index (χ0v) is 23.5. The number of anilines is 1. The molecular formula is C32H49N3O. The Labute approximate surface area is 220 Å². The molecule has 3 aromatic rings. The van der Waals surface area contributed by atoms with E-state index in [1.807, 2.05) is 65.8 Å². The first kappa shape index (κ1) is 31.2. The quantitative estimate of drug-likeness (QED) is 0.310. The number of hydrogen-bond donors (Lipinski definition) is 3. The van der Waals surface area contributed by atoms with Crippen LogP contribution >= 0.6 is 0 Å². The highest BCUT2D eigenvalue weighted by Gasteiger charge is 2.07. The summed E-state index contributed by atoms with van der Waals surface area (Å²) in [6.07, 6.45) is 2.38. The van der Waals surface area contributed by atoms with Gasteiger partial charge in [0.15, 0.2) is 0 Å². The fourth-order valence-corrected chi connectivity index (χ4v) is 3.93. The summed E-state index contributed by atoms with van der Waals surface area (Å²) in [5.41, 5.74) is 7.07. The molecule has 4 nitrogen and oxygen atoms in total. The fraction of sp³-hybridized carbons (Fsp3) is 0.438. The van der Waals surface area contributed by atoms with Crippen LogP contribution in [-0.2, 0) is 25.9 Å². The smallest absolute Gasteiger partial charge is 0.142 e. The average Bonchev–Trinajstić information content (AvgIpc) is 3.01. The van der Waals surface area contributed by atoms with Gasteiger partial charge in [-0.1, -0.05) is 102 Å². The lowest BCUT2D eigenvalue weighted by molar-refractivity contribution is 0.323. The molecule has 0 fully saturated rings. The van der Waals surface area contributed by atoms with E-state index in [4.69, 9.17) is 4.74 Å². The van der Waals surface area contributed by atoms with E-state index in [0.29, 0.717) is 0 Å². The molecule has 0 atom stereocenters. The van der Waals surface area contributed by atoms with Crippen molar-refractivity contribution < 1.29 is 4.74 Å². The highest BCUT2D eigenvalue weighted by molar-refractivity contribution is 5.57. The molecule has 0 aromatic heterocycles. The Hall–Kier alpha value is -2.82. The van der Waals surface area contributed by atoms with Gasteiger partial charge in [0.05, 0.1) is 5.69 Å². The molecule has 0 radical (unpaired) electrons. The van der Waals surface area contributed by atoms with Crippen LogP contribution in [0.2, 0.25) is 0 Å². The van der Waals surface area contributed by atoms with Crippen LogP contribution in [0.4, 0.5) is 5.69 Å². The topological polar surface area (TPSA) is 45.3 Å². The molecule has 0 spiro atoms. The Kier molecular flexibility index (Phi) is 17.7. The summed E-state index contributed by atoms with van der Waals surface area (Å²) in [6.45, 7) is 18.1. The number of benzene rings is 3. The molecule has 0 unspecified atom stereocenters. The van der Waals surface area contributed by atoms with E-state index in [1.165, 1.54) is 35.1 Å². The molecule has 0 aliphatic carbocycles. The zero-order chi connectivity index (χ0) is 26.4. The highest BCUT2D eigenvalue weighted by Crippen LogP contribution is 2.25. The van der Waals surface area contributed by atoms with Gasteiger partial charge in [0.25, 0.3) is 0 Å². The largest absolute Gasteiger partial charge is 0.490 e. The predicted molar refractivity (Wildman–Crippen MR) is 158 cm³/mol. The first-order chi connectivity index (χ1) is 17.9. The molecule has 0 amide bonds. The Balaban J connectivity index is 0.000000244. The summed E-state index contributed by atoms with van der Waals surface area (Å²) >= 11 is 0. The van der Waals surface area contributed by atoms with E-state index in [9.17, 15) is 0 Å². The average molecular weight is 492 g/mol. The van der Waals surface area contributed by atoms with Crippen LogP contribution in [0.3, 0.4) is 0 Å². The van der Waals surface area contributed by atoms with Crippen LogP contribution in [0.1, 0.15) is 63.8 Å². The molecule has 3 aliphatic heterocycles. The summed E-state index contributed by atoms with van der Waals surface area (Å²) in [4.78, 5) is 0. The van der Waals surface area contributed by atoms with Crippen molar-refractivity contribution in [2.75, 3.05) is 31.6 Å². The van der Waals surface area contributed by atoms with Crippen LogP contribution in [0, 0.1) is 0 Å². The molecule has 36 heavy (non-hydrogen) atoms. The third kappa shape index (κ3) is 10.8. The first-order valence-electron chi connectivity index (χ1n) is 13.9. The van der Waals surface area contributed by atoms with Gasteiger partial charge in [0, 0.05) is 19.6 Å². The SMILES string of the molecule is CC.CC.CC.c1ccc2c(c1)CCNC2.c1ccc2c(c1)CCNC2.c1ccc2c(c1)NCCO2. The monoisotopic (exact) mass is 491 g/mol. The number of nitrogens with one attached hydrogen (secondary N) is 3. The fourth-order valence-electron chi connectivity index (χ4n) is 3.93. The lowest BCUT2D eigenvalue weighted by atomic mass is 10.0. The van der Waals surface area contributed by atoms with Gasteiger partial charge in [0.2, 0.25) is 0 Å². The van der Waals surface area contributed by atoms with Gasteiger partial charge >= 0.3 is 0 Å². The highest BCUT2D eigenvalue weighted by atomic mass is 16.5. The third-order valence-corrected chi connectivity index (χ3v) is 5.57. The van der Waals surface area contributed by atoms with Gasteiger partial charge < -0.3 is 20.7 Å². The summed E-state index contributed by atoms with van der Waals surface area (Å²) in [5, 5.41) is 9.92. The minimum absolute atomic E-state index is 0.775. The zero-order valence-electron chi connectivity index (χ0n) is 23.5. The standard InChI is InChI=1S/2C9H11N.C8H9NO.3C2H6/c2*1-2-4-9-7-10-6-5-8(9)3-1;1-2-4-8-7(3-1)9-5-6-10-8;3*1-2/h2*1-4,10H,5-7H2;1-4,9H,5-6H2;3*1-2H3. The molecule has 198 valence electrons. The van der Waals surface area contributed by atoms with Crippen molar-refractivity contribution in [3.8, 4) is 5.75 Å². The van der Waals surface area contributed by atoms with Crippen molar-refractivity contribution in [3.05, 3.63) is 95.1 Å². The van der Waals surface area contributed by atoms with E-state index < -0.39 is 0 Å². The van der Waals surface area contributed by atoms with Gasteiger partial charge in [-0.2, -0.15) is 0 Å². The van der Waals surface area contributed by atoms with E-state index in [-0.39, 0.29) is 0 Å². The minimum Gasteiger partial charge on any atom is -0.490 e. The number of rotatable bonds is 0. The van der Waals surface area contributed by atoms with Gasteiger partial charge in [-0.15, -0.1) is 0 Å². The van der Waals surface area contributed by atoms with Crippen molar-refractivity contribution in [3.63, 3.8) is 0 Å². The Bertz CT molecular complexity index is 745. The maximum atomic E-state index is 5.36. The van der Waals surface area contributed by atoms with Gasteiger partial charge in [0.1, 0.15) is 12.4 Å². The number of ether oxygens (including phenoxy) is 1. The second-order valence-electron chi connectivity index (χ2n) is 7.66. The minimum atomic E-state index is 0.775. The number of para-hydroxylation sites is 2. The molecule has 3 heterocycles. The van der Waals surface area contributed by atoms with Crippen molar-refractivity contribution in [1.82, 2.24) is 10.6 Å². The molecule has 6 rings (SSSR count). The van der Waals surface area contributed by atoms with E-state index in [0.717, 1.165) is 50.8 Å². The Morgan fingerprint density at radius 2 is 0.972 bits per heavy atom. The Morgan fingerprint density at radius 3 is 1.44 bits per heavy atom. The third-order valence-electron chi connectivity index (χ3n) is 5.57. The van der Waals surface area contributed by atoms with E-state index in [1.54, 1.807) is 0 Å². The second-order valence-corrected chi connectivity index (χ2v) is 7.66. The summed E-state index contributed by atoms with van der Waals surface area (Å²) in [6, 6.07) is 25.2. The number of fused-ring (bicyclic) bond motifs is 3. The van der Waals surface area contributed by atoms with Gasteiger partial charge in [-0.05, 0) is 60.3 Å². The molecule has 0 saturated carbocycles. The normalized spacial score (nSPS) is 13.7. The predicted octanol–water partition coefficient (Wildman–Crippen LogP) is 7.23. The summed E-state index contributed by atoms with van der Waals surface area (Å²) in [5.74, 6) is 0.966. The van der Waals surface area contributed by atoms with E-state index >= 15 is 0 Å². The van der Waals surface area contributed by atoms with Crippen molar-refractivity contribution >= 4 is 5.69 Å². The van der Waals surface area contributed by atoms with Crippen LogP contribution in [-0.4, -0.2) is 26.2 Å². The van der Waals surface area contributed by atoms with Gasteiger partial charge in [-0.25, -0.2) is 0 Å². The second kappa shape index (κ2) is 20.4. The van der Waals surface area contributed by atoms with Crippen molar-refractivity contribution in [2.45, 2.75) is 67.5 Å². The molecule has 0 bridgehead atoms. The van der Waals surface area contributed by atoms with Crippen molar-refractivity contribution in [1.29, 1.82) is 0 Å². The van der Waals surface area contributed by atoms with Crippen molar-refractivity contribution in [2.24, 2.45) is 0 Å². The molecular weight excluding hydrogens is 442 g/mol. The van der Waals surface area contributed by atoms with Crippen LogP contribution < -0.4 is 20.7 Å². The molecule has 4 heteroatoms. The Morgan fingerprint density at radius 1 is 0.528 bits per heavy atom. The maximum absolute atomic E-state index is 5.36. The van der Waals surface area contributed by atoms with Crippen LogP contribution in [0.15, 0.2) is 72.8 Å². The molecule has 3 aromatic carbocycles. The summed E-state index contributed by atoms with van der Waals surface area (Å²) in [7, 11) is 0. The molecule has 0 saturated heterocycles. The molecule has 3 aliphatic rings. The first-order valence-corrected chi connectivity index (χ1v) is 13.9. The van der Waals surface area contributed by atoms with E-state index in [2.05, 4.69) is 64.5 Å².